The Morgan fingerprint density at radius 1 is 1.10 bits per heavy atom. The van der Waals surface area contributed by atoms with Crippen molar-refractivity contribution in [2.24, 2.45) is 0 Å². The standard InChI is InChI=1S/C20H23Cl2N3O3S/c1-29(27,28)25(18-6-4-5-17(21)20(18)22)14-19(26)23-13-15-7-9-16(10-8-15)24-11-2-3-12-24/h4-10H,2-3,11-14H2,1H3,(H,23,26). The molecular weight excluding hydrogens is 433 g/mol. The van der Waals surface area contributed by atoms with Crippen LogP contribution in [0.5, 0.6) is 0 Å². The second kappa shape index (κ2) is 9.24. The summed E-state index contributed by atoms with van der Waals surface area (Å²) in [5.41, 5.74) is 2.29. The first kappa shape index (κ1) is 21.7. The van der Waals surface area contributed by atoms with Gasteiger partial charge in [0, 0.05) is 25.3 Å². The van der Waals surface area contributed by atoms with E-state index in [1.54, 1.807) is 12.1 Å². The molecule has 1 heterocycles. The lowest BCUT2D eigenvalue weighted by Crippen LogP contribution is -2.40. The molecule has 1 aliphatic heterocycles. The maximum Gasteiger partial charge on any atom is 0.241 e. The number of rotatable bonds is 7. The Bertz CT molecular complexity index is 975. The van der Waals surface area contributed by atoms with Crippen molar-refractivity contribution >= 4 is 50.5 Å². The second-order valence-corrected chi connectivity index (χ2v) is 9.67. The van der Waals surface area contributed by atoms with Crippen LogP contribution in [-0.2, 0) is 21.4 Å². The highest BCUT2D eigenvalue weighted by Gasteiger charge is 2.23. The van der Waals surface area contributed by atoms with Crippen LogP contribution in [0.15, 0.2) is 42.5 Å². The maximum absolute atomic E-state index is 12.4. The molecule has 0 radical (unpaired) electrons. The van der Waals surface area contributed by atoms with Crippen molar-refractivity contribution in [3.8, 4) is 0 Å². The molecule has 0 saturated carbocycles. The van der Waals surface area contributed by atoms with Crippen molar-refractivity contribution in [3.05, 3.63) is 58.1 Å². The highest BCUT2D eigenvalue weighted by atomic mass is 35.5. The molecule has 2 aromatic carbocycles. The van der Waals surface area contributed by atoms with E-state index in [0.717, 1.165) is 29.2 Å². The second-order valence-electron chi connectivity index (χ2n) is 6.98. The van der Waals surface area contributed by atoms with E-state index in [-0.39, 0.29) is 22.3 Å². The van der Waals surface area contributed by atoms with E-state index in [9.17, 15) is 13.2 Å². The van der Waals surface area contributed by atoms with Crippen LogP contribution in [0.25, 0.3) is 0 Å². The largest absolute Gasteiger partial charge is 0.372 e. The van der Waals surface area contributed by atoms with Gasteiger partial charge in [0.15, 0.2) is 0 Å². The third-order valence-corrected chi connectivity index (χ3v) is 6.72. The molecule has 9 heteroatoms. The summed E-state index contributed by atoms with van der Waals surface area (Å²) in [5.74, 6) is -0.435. The lowest BCUT2D eigenvalue weighted by Gasteiger charge is -2.23. The summed E-state index contributed by atoms with van der Waals surface area (Å²) in [5, 5.41) is 3.07. The molecule has 1 fully saturated rings. The maximum atomic E-state index is 12.4. The summed E-state index contributed by atoms with van der Waals surface area (Å²) in [4.78, 5) is 14.8. The fourth-order valence-corrected chi connectivity index (χ4v) is 4.56. The number of nitrogens with zero attached hydrogens (tertiary/aromatic N) is 2. The number of sulfonamides is 1. The summed E-state index contributed by atoms with van der Waals surface area (Å²) < 4.78 is 25.4. The van der Waals surface area contributed by atoms with Crippen molar-refractivity contribution < 1.29 is 13.2 Å². The number of anilines is 2. The van der Waals surface area contributed by atoms with E-state index in [1.807, 2.05) is 24.3 Å². The minimum absolute atomic E-state index is 0.0879. The van der Waals surface area contributed by atoms with Gasteiger partial charge in [0.05, 0.1) is 22.0 Å². The number of nitrogens with one attached hydrogen (secondary N) is 1. The average Bonchev–Trinajstić information content (AvgIpc) is 3.21. The van der Waals surface area contributed by atoms with Crippen LogP contribution in [0.4, 0.5) is 11.4 Å². The molecule has 1 aliphatic rings. The van der Waals surface area contributed by atoms with Crippen molar-refractivity contribution in [1.82, 2.24) is 5.32 Å². The van der Waals surface area contributed by atoms with Crippen LogP contribution in [0.1, 0.15) is 18.4 Å². The first-order valence-corrected chi connectivity index (χ1v) is 11.9. The number of halogens is 2. The summed E-state index contributed by atoms with van der Waals surface area (Å²) in [6, 6.07) is 12.7. The minimum Gasteiger partial charge on any atom is -0.372 e. The SMILES string of the molecule is CS(=O)(=O)N(CC(=O)NCc1ccc(N2CCCC2)cc1)c1cccc(Cl)c1Cl. The number of hydrogen-bond donors (Lipinski definition) is 1. The molecule has 2 aromatic rings. The van der Waals surface area contributed by atoms with Crippen molar-refractivity contribution in [2.45, 2.75) is 19.4 Å². The molecule has 0 atom stereocenters. The van der Waals surface area contributed by atoms with Crippen LogP contribution < -0.4 is 14.5 Å². The molecule has 3 rings (SSSR count). The predicted octanol–water partition coefficient (Wildman–Crippen LogP) is 3.68. The van der Waals surface area contributed by atoms with Gasteiger partial charge in [0.2, 0.25) is 15.9 Å². The number of carbonyl (C=O) groups is 1. The van der Waals surface area contributed by atoms with Crippen molar-refractivity contribution in [2.75, 3.05) is 35.1 Å². The van der Waals surface area contributed by atoms with Gasteiger partial charge < -0.3 is 10.2 Å². The molecule has 1 saturated heterocycles. The molecule has 156 valence electrons. The van der Waals surface area contributed by atoms with Gasteiger partial charge in [-0.05, 0) is 42.7 Å². The van der Waals surface area contributed by atoms with Crippen LogP contribution in [0.2, 0.25) is 10.0 Å². The lowest BCUT2D eigenvalue weighted by atomic mass is 10.2. The molecule has 0 aromatic heterocycles. The fraction of sp³-hybridized carbons (Fsp3) is 0.350. The Morgan fingerprint density at radius 3 is 2.38 bits per heavy atom. The molecular formula is C20H23Cl2N3O3S. The van der Waals surface area contributed by atoms with E-state index in [1.165, 1.54) is 24.6 Å². The van der Waals surface area contributed by atoms with Crippen LogP contribution in [-0.4, -0.2) is 40.2 Å². The Labute approximate surface area is 181 Å². The zero-order valence-electron chi connectivity index (χ0n) is 16.1. The number of carbonyl (C=O) groups excluding carboxylic acids is 1. The third kappa shape index (κ3) is 5.56. The quantitative estimate of drug-likeness (QED) is 0.690. The fourth-order valence-electron chi connectivity index (χ4n) is 3.25. The summed E-state index contributed by atoms with van der Waals surface area (Å²) in [6.07, 6.45) is 3.45. The zero-order valence-corrected chi connectivity index (χ0v) is 18.4. The Morgan fingerprint density at radius 2 is 1.76 bits per heavy atom. The van der Waals surface area contributed by atoms with Crippen LogP contribution in [0.3, 0.4) is 0 Å². The number of amides is 1. The highest BCUT2D eigenvalue weighted by molar-refractivity contribution is 7.92. The van der Waals surface area contributed by atoms with E-state index in [4.69, 9.17) is 23.2 Å². The van der Waals surface area contributed by atoms with E-state index in [2.05, 4.69) is 10.2 Å². The average molecular weight is 456 g/mol. The number of benzene rings is 2. The van der Waals surface area contributed by atoms with Gasteiger partial charge in [-0.25, -0.2) is 8.42 Å². The molecule has 0 spiro atoms. The summed E-state index contributed by atoms with van der Waals surface area (Å²) >= 11 is 12.1. The van der Waals surface area contributed by atoms with Gasteiger partial charge in [-0.2, -0.15) is 0 Å². The highest BCUT2D eigenvalue weighted by Crippen LogP contribution is 2.33. The third-order valence-electron chi connectivity index (χ3n) is 4.78. The Balaban J connectivity index is 1.64. The smallest absolute Gasteiger partial charge is 0.241 e. The number of hydrogen-bond acceptors (Lipinski definition) is 4. The normalized spacial score (nSPS) is 14.1. The van der Waals surface area contributed by atoms with Gasteiger partial charge in [-0.15, -0.1) is 0 Å². The van der Waals surface area contributed by atoms with Gasteiger partial charge >= 0.3 is 0 Å². The lowest BCUT2D eigenvalue weighted by molar-refractivity contribution is -0.119. The zero-order chi connectivity index (χ0) is 21.0. The molecule has 6 nitrogen and oxygen atoms in total. The topological polar surface area (TPSA) is 69.7 Å². The van der Waals surface area contributed by atoms with E-state index >= 15 is 0 Å². The molecule has 1 amide bonds. The predicted molar refractivity (Wildman–Crippen MR) is 118 cm³/mol. The first-order chi connectivity index (χ1) is 13.8. The van der Waals surface area contributed by atoms with E-state index < -0.39 is 15.9 Å². The Hall–Kier alpha value is -1.96. The Kier molecular flexibility index (Phi) is 6.93. The monoisotopic (exact) mass is 455 g/mol. The van der Waals surface area contributed by atoms with E-state index in [0.29, 0.717) is 6.54 Å². The van der Waals surface area contributed by atoms with Crippen LogP contribution >= 0.6 is 23.2 Å². The van der Waals surface area contributed by atoms with Crippen LogP contribution in [0, 0.1) is 0 Å². The van der Waals surface area contributed by atoms with Gasteiger partial charge in [0.25, 0.3) is 0 Å². The molecule has 29 heavy (non-hydrogen) atoms. The molecule has 0 unspecified atom stereocenters. The molecule has 0 aliphatic carbocycles. The summed E-state index contributed by atoms with van der Waals surface area (Å²) in [7, 11) is -3.73. The van der Waals surface area contributed by atoms with Crippen molar-refractivity contribution in [1.29, 1.82) is 0 Å². The van der Waals surface area contributed by atoms with Gasteiger partial charge in [0.1, 0.15) is 6.54 Å². The van der Waals surface area contributed by atoms with Crippen molar-refractivity contribution in [3.63, 3.8) is 0 Å². The minimum atomic E-state index is -3.73. The molecule has 0 bridgehead atoms. The first-order valence-electron chi connectivity index (χ1n) is 9.28. The molecule has 1 N–H and O–H groups in total. The summed E-state index contributed by atoms with van der Waals surface area (Å²) in [6.45, 7) is 2.07. The van der Waals surface area contributed by atoms with Gasteiger partial charge in [-0.1, -0.05) is 41.4 Å². The van der Waals surface area contributed by atoms with Gasteiger partial charge in [-0.3, -0.25) is 9.10 Å².